The van der Waals surface area contributed by atoms with Crippen molar-refractivity contribution in [3.05, 3.63) is 0 Å². The summed E-state index contributed by atoms with van der Waals surface area (Å²) in [5.41, 5.74) is 0.153. The van der Waals surface area contributed by atoms with Gasteiger partial charge in [-0.3, -0.25) is 4.79 Å². The van der Waals surface area contributed by atoms with Crippen molar-refractivity contribution < 1.29 is 4.79 Å². The van der Waals surface area contributed by atoms with E-state index >= 15 is 0 Å². The van der Waals surface area contributed by atoms with E-state index in [1.165, 1.54) is 6.42 Å². The van der Waals surface area contributed by atoms with Gasteiger partial charge in [-0.2, -0.15) is 12.6 Å². The molecule has 0 aliphatic heterocycles. The third-order valence-electron chi connectivity index (χ3n) is 2.73. The number of hydrogen-bond acceptors (Lipinski definition) is 2. The molecule has 0 radical (unpaired) electrons. The van der Waals surface area contributed by atoms with Gasteiger partial charge in [0, 0.05) is 12.0 Å². The van der Waals surface area contributed by atoms with E-state index in [-0.39, 0.29) is 11.4 Å². The van der Waals surface area contributed by atoms with Crippen LogP contribution in [0.25, 0.3) is 0 Å². The van der Waals surface area contributed by atoms with Crippen LogP contribution in [0.15, 0.2) is 0 Å². The second-order valence-corrected chi connectivity index (χ2v) is 3.96. The van der Waals surface area contributed by atoms with Crippen molar-refractivity contribution in [2.75, 3.05) is 5.75 Å². The molecule has 0 aromatic rings. The summed E-state index contributed by atoms with van der Waals surface area (Å²) in [4.78, 5) is 11.3. The molecule has 0 bridgehead atoms. The molecule has 3 heteroatoms. The van der Waals surface area contributed by atoms with Crippen molar-refractivity contribution >= 4 is 18.5 Å². The Morgan fingerprint density at radius 3 is 2.58 bits per heavy atom. The second kappa shape index (κ2) is 4.17. The van der Waals surface area contributed by atoms with Gasteiger partial charge in [-0.15, -0.1) is 0 Å². The Morgan fingerprint density at radius 2 is 2.25 bits per heavy atom. The van der Waals surface area contributed by atoms with Crippen LogP contribution >= 0.6 is 12.6 Å². The highest BCUT2D eigenvalue weighted by Crippen LogP contribution is 2.34. The van der Waals surface area contributed by atoms with E-state index in [0.29, 0.717) is 12.2 Å². The summed E-state index contributed by atoms with van der Waals surface area (Å²) >= 11 is 4.03. The Labute approximate surface area is 79.5 Å². The molecule has 0 unspecified atom stereocenters. The van der Waals surface area contributed by atoms with E-state index in [9.17, 15) is 4.79 Å². The summed E-state index contributed by atoms with van der Waals surface area (Å²) in [6.07, 6.45) is 5.18. The van der Waals surface area contributed by atoms with Crippen LogP contribution in [0.5, 0.6) is 0 Å². The molecule has 1 amide bonds. The lowest BCUT2D eigenvalue weighted by Crippen LogP contribution is -2.53. The Kier molecular flexibility index (Phi) is 3.44. The van der Waals surface area contributed by atoms with E-state index in [1.807, 2.05) is 0 Å². The molecule has 2 nitrogen and oxygen atoms in total. The molecule has 0 aromatic heterocycles. The van der Waals surface area contributed by atoms with Gasteiger partial charge in [0.05, 0.1) is 0 Å². The monoisotopic (exact) mass is 187 g/mol. The normalized spacial score (nSPS) is 19.8. The first-order valence-electron chi connectivity index (χ1n) is 4.64. The zero-order valence-corrected chi connectivity index (χ0v) is 8.49. The Bertz CT molecular complexity index is 160. The van der Waals surface area contributed by atoms with Gasteiger partial charge in [0.25, 0.3) is 0 Å². The number of rotatable bonds is 4. The summed E-state index contributed by atoms with van der Waals surface area (Å²) in [7, 11) is 0. The summed E-state index contributed by atoms with van der Waals surface area (Å²) < 4.78 is 0. The first-order valence-corrected chi connectivity index (χ1v) is 5.27. The van der Waals surface area contributed by atoms with Crippen LogP contribution in [-0.4, -0.2) is 17.2 Å². The molecule has 1 aliphatic carbocycles. The summed E-state index contributed by atoms with van der Waals surface area (Å²) in [5, 5.41) is 3.09. The molecule has 1 rings (SSSR count). The number of carbonyl (C=O) groups is 1. The third kappa shape index (κ3) is 2.16. The van der Waals surface area contributed by atoms with Crippen molar-refractivity contribution in [3.63, 3.8) is 0 Å². The van der Waals surface area contributed by atoms with Crippen molar-refractivity contribution in [1.82, 2.24) is 5.32 Å². The molecule has 1 N–H and O–H groups in total. The number of carbonyl (C=O) groups excluding carboxylic acids is 1. The number of thiol groups is 1. The zero-order chi connectivity index (χ0) is 9.03. The summed E-state index contributed by atoms with van der Waals surface area (Å²) in [6, 6.07) is 0. The smallest absolute Gasteiger partial charge is 0.221 e. The first kappa shape index (κ1) is 9.90. The molecule has 0 heterocycles. The van der Waals surface area contributed by atoms with Crippen LogP contribution in [-0.2, 0) is 4.79 Å². The lowest BCUT2D eigenvalue weighted by atomic mass is 9.75. The second-order valence-electron chi connectivity index (χ2n) is 3.51. The molecule has 1 aliphatic rings. The van der Waals surface area contributed by atoms with E-state index in [4.69, 9.17) is 0 Å². The van der Waals surface area contributed by atoms with Gasteiger partial charge in [-0.05, 0) is 31.4 Å². The fourth-order valence-electron chi connectivity index (χ4n) is 1.63. The zero-order valence-electron chi connectivity index (χ0n) is 7.60. The standard InChI is InChI=1S/C9H17NOS/c1-2-9(5-3-6-9)10-8(11)4-7-12/h12H,2-7H2,1H3,(H,10,11). The van der Waals surface area contributed by atoms with Crippen molar-refractivity contribution in [3.8, 4) is 0 Å². The van der Waals surface area contributed by atoms with Crippen LogP contribution in [0.4, 0.5) is 0 Å². The maximum Gasteiger partial charge on any atom is 0.221 e. The minimum atomic E-state index is 0.153. The molecule has 12 heavy (non-hydrogen) atoms. The van der Waals surface area contributed by atoms with Crippen molar-refractivity contribution in [2.24, 2.45) is 0 Å². The van der Waals surface area contributed by atoms with Crippen LogP contribution in [0.2, 0.25) is 0 Å². The van der Waals surface area contributed by atoms with Gasteiger partial charge < -0.3 is 5.32 Å². The van der Waals surface area contributed by atoms with Gasteiger partial charge in [0.1, 0.15) is 0 Å². The number of nitrogens with one attached hydrogen (secondary N) is 1. The molecule has 70 valence electrons. The molecular weight excluding hydrogens is 170 g/mol. The maximum absolute atomic E-state index is 11.3. The molecule has 0 atom stereocenters. The lowest BCUT2D eigenvalue weighted by Gasteiger charge is -2.42. The fraction of sp³-hybridized carbons (Fsp3) is 0.889. The molecule has 0 aromatic carbocycles. The summed E-state index contributed by atoms with van der Waals surface area (Å²) in [6.45, 7) is 2.14. The third-order valence-corrected chi connectivity index (χ3v) is 2.95. The van der Waals surface area contributed by atoms with Gasteiger partial charge in [-0.1, -0.05) is 6.92 Å². The van der Waals surface area contributed by atoms with E-state index in [0.717, 1.165) is 19.3 Å². The molecule has 1 saturated carbocycles. The minimum absolute atomic E-state index is 0.153. The Hall–Kier alpha value is -0.180. The minimum Gasteiger partial charge on any atom is -0.351 e. The van der Waals surface area contributed by atoms with Crippen LogP contribution in [0.3, 0.4) is 0 Å². The van der Waals surface area contributed by atoms with Gasteiger partial charge >= 0.3 is 0 Å². The van der Waals surface area contributed by atoms with E-state index in [1.54, 1.807) is 0 Å². The average Bonchev–Trinajstić information content (AvgIpc) is 1.97. The molecule has 0 spiro atoms. The predicted molar refractivity (Wildman–Crippen MR) is 53.5 cm³/mol. The number of hydrogen-bond donors (Lipinski definition) is 2. The highest BCUT2D eigenvalue weighted by molar-refractivity contribution is 7.80. The summed E-state index contributed by atoms with van der Waals surface area (Å²) in [5.74, 6) is 0.803. The highest BCUT2D eigenvalue weighted by Gasteiger charge is 2.35. The van der Waals surface area contributed by atoms with E-state index < -0.39 is 0 Å². The van der Waals surface area contributed by atoms with Crippen molar-refractivity contribution in [2.45, 2.75) is 44.6 Å². The largest absolute Gasteiger partial charge is 0.351 e. The average molecular weight is 187 g/mol. The first-order chi connectivity index (χ1) is 5.72. The molecule has 0 saturated heterocycles. The van der Waals surface area contributed by atoms with Gasteiger partial charge in [0.15, 0.2) is 0 Å². The number of amides is 1. The van der Waals surface area contributed by atoms with Gasteiger partial charge in [-0.25, -0.2) is 0 Å². The lowest BCUT2D eigenvalue weighted by molar-refractivity contribution is -0.123. The molecular formula is C9H17NOS. The van der Waals surface area contributed by atoms with Crippen molar-refractivity contribution in [1.29, 1.82) is 0 Å². The van der Waals surface area contributed by atoms with Crippen LogP contribution in [0.1, 0.15) is 39.0 Å². The highest BCUT2D eigenvalue weighted by atomic mass is 32.1. The van der Waals surface area contributed by atoms with Crippen LogP contribution in [0, 0.1) is 0 Å². The Morgan fingerprint density at radius 1 is 1.58 bits per heavy atom. The molecule has 1 fully saturated rings. The maximum atomic E-state index is 11.3. The SMILES string of the molecule is CCC1(NC(=O)CCS)CCC1. The predicted octanol–water partition coefficient (Wildman–Crippen LogP) is 1.76. The van der Waals surface area contributed by atoms with E-state index in [2.05, 4.69) is 24.9 Å². The fourth-order valence-corrected chi connectivity index (χ4v) is 1.83. The quantitative estimate of drug-likeness (QED) is 0.645. The van der Waals surface area contributed by atoms with Crippen LogP contribution < -0.4 is 5.32 Å². The topological polar surface area (TPSA) is 29.1 Å². The Balaban J connectivity index is 2.32. The van der Waals surface area contributed by atoms with Gasteiger partial charge in [0.2, 0.25) is 5.91 Å².